The summed E-state index contributed by atoms with van der Waals surface area (Å²) in [6, 6.07) is 3.58. The van der Waals surface area contributed by atoms with Crippen LogP contribution in [0, 0.1) is 5.82 Å². The van der Waals surface area contributed by atoms with Crippen molar-refractivity contribution in [2.75, 3.05) is 13.1 Å². The lowest BCUT2D eigenvalue weighted by molar-refractivity contribution is 0.128. The van der Waals surface area contributed by atoms with E-state index in [1.54, 1.807) is 4.57 Å². The molecule has 23 heavy (non-hydrogen) atoms. The number of benzene rings is 1. The van der Waals surface area contributed by atoms with Gasteiger partial charge in [0.1, 0.15) is 5.82 Å². The fourth-order valence-corrected chi connectivity index (χ4v) is 3.96. The van der Waals surface area contributed by atoms with Gasteiger partial charge in [-0.3, -0.25) is 4.57 Å². The lowest BCUT2D eigenvalue weighted by atomic mass is 10.0. The Bertz CT molecular complexity index is 742. The molecule has 4 nitrogen and oxygen atoms in total. The number of hydrogen-bond acceptors (Lipinski definition) is 2. The van der Waals surface area contributed by atoms with Gasteiger partial charge in [-0.05, 0) is 31.7 Å². The van der Waals surface area contributed by atoms with Gasteiger partial charge in [0.05, 0.1) is 16.1 Å². The summed E-state index contributed by atoms with van der Waals surface area (Å²) in [6.45, 7) is 6.40. The first-order chi connectivity index (χ1) is 11.0. The molecule has 1 aromatic carbocycles. The molecule has 0 saturated carbocycles. The second-order valence-corrected chi connectivity index (χ2v) is 6.73. The number of H-pyrrole nitrogens is 1. The largest absolute Gasteiger partial charge is 0.326 e. The highest BCUT2D eigenvalue weighted by atomic mass is 35.5. The van der Waals surface area contributed by atoms with E-state index in [4.69, 9.17) is 11.6 Å². The normalized spacial score (nSPS) is 17.4. The van der Waals surface area contributed by atoms with Crippen LogP contribution in [0.5, 0.6) is 0 Å². The van der Waals surface area contributed by atoms with Gasteiger partial charge in [-0.1, -0.05) is 25.4 Å². The Morgan fingerprint density at radius 3 is 2.57 bits per heavy atom. The molecule has 0 aliphatic carbocycles. The molecule has 0 atom stereocenters. The number of nitrogens with zero attached hydrogens (tertiary/aromatic N) is 2. The topological polar surface area (TPSA) is 41.0 Å². The number of fused-ring (bicyclic) bond motifs is 1. The van der Waals surface area contributed by atoms with E-state index < -0.39 is 5.82 Å². The summed E-state index contributed by atoms with van der Waals surface area (Å²) in [5, 5.41) is 0.0365. The van der Waals surface area contributed by atoms with Crippen molar-refractivity contribution in [2.45, 2.75) is 51.6 Å². The highest BCUT2D eigenvalue weighted by molar-refractivity contribution is 6.31. The molecule has 0 radical (unpaired) electrons. The lowest BCUT2D eigenvalue weighted by Gasteiger charge is -2.37. The van der Waals surface area contributed by atoms with Crippen LogP contribution in [0.3, 0.4) is 0 Å². The van der Waals surface area contributed by atoms with Crippen LogP contribution in [0.4, 0.5) is 4.39 Å². The molecule has 126 valence electrons. The minimum atomic E-state index is -0.485. The molecule has 0 amide bonds. The standard InChI is InChI=1S/C17H23ClFN3O/c1-3-11(4-2)21-7-5-12(6-8-21)22-16-10-14(19)13(18)9-15(16)20-17(22)23/h9-12H,3-8H2,1-2H3,(H,20,23). The van der Waals surface area contributed by atoms with Crippen molar-refractivity contribution in [1.82, 2.24) is 14.5 Å². The molecule has 0 spiro atoms. The van der Waals surface area contributed by atoms with Crippen LogP contribution in [0.25, 0.3) is 11.0 Å². The average Bonchev–Trinajstić information content (AvgIpc) is 2.85. The van der Waals surface area contributed by atoms with E-state index in [2.05, 4.69) is 23.7 Å². The molecule has 1 fully saturated rings. The molecule has 1 aromatic heterocycles. The van der Waals surface area contributed by atoms with Crippen molar-refractivity contribution in [2.24, 2.45) is 0 Å². The van der Waals surface area contributed by atoms with Gasteiger partial charge >= 0.3 is 5.69 Å². The van der Waals surface area contributed by atoms with Crippen molar-refractivity contribution < 1.29 is 4.39 Å². The third-order valence-electron chi connectivity index (χ3n) is 5.08. The van der Waals surface area contributed by atoms with Crippen LogP contribution in [-0.4, -0.2) is 33.6 Å². The van der Waals surface area contributed by atoms with Gasteiger partial charge in [-0.15, -0.1) is 0 Å². The zero-order valence-corrected chi connectivity index (χ0v) is 14.4. The molecule has 1 N–H and O–H groups in total. The molecule has 1 saturated heterocycles. The summed E-state index contributed by atoms with van der Waals surface area (Å²) in [5.74, 6) is -0.485. The van der Waals surface area contributed by atoms with Crippen LogP contribution < -0.4 is 5.69 Å². The van der Waals surface area contributed by atoms with Crippen molar-refractivity contribution in [3.63, 3.8) is 0 Å². The Morgan fingerprint density at radius 2 is 1.96 bits per heavy atom. The number of piperidine rings is 1. The molecular weight excluding hydrogens is 317 g/mol. The minimum Gasteiger partial charge on any atom is -0.305 e. The van der Waals surface area contributed by atoms with Gasteiger partial charge in [0.15, 0.2) is 0 Å². The first-order valence-electron chi connectivity index (χ1n) is 8.38. The number of imidazole rings is 1. The van der Waals surface area contributed by atoms with Gasteiger partial charge in [0, 0.05) is 31.2 Å². The predicted octanol–water partition coefficient (Wildman–Crippen LogP) is 3.95. The molecule has 0 bridgehead atoms. The number of rotatable bonds is 4. The molecule has 6 heteroatoms. The fourth-order valence-electron chi connectivity index (χ4n) is 3.80. The Balaban J connectivity index is 1.86. The summed E-state index contributed by atoms with van der Waals surface area (Å²) >= 11 is 5.81. The maximum atomic E-state index is 13.8. The number of halogens is 2. The minimum absolute atomic E-state index is 0.0365. The Morgan fingerprint density at radius 1 is 1.30 bits per heavy atom. The van der Waals surface area contributed by atoms with E-state index in [0.717, 1.165) is 38.8 Å². The second kappa shape index (κ2) is 6.65. The number of nitrogens with one attached hydrogen (secondary N) is 1. The summed E-state index contributed by atoms with van der Waals surface area (Å²) in [7, 11) is 0. The third kappa shape index (κ3) is 3.04. The van der Waals surface area contributed by atoms with Crippen molar-refractivity contribution in [3.8, 4) is 0 Å². The first kappa shape index (κ1) is 16.5. The van der Waals surface area contributed by atoms with E-state index in [9.17, 15) is 9.18 Å². The Kier molecular flexibility index (Phi) is 4.78. The van der Waals surface area contributed by atoms with Gasteiger partial charge in [0.2, 0.25) is 0 Å². The zero-order valence-electron chi connectivity index (χ0n) is 13.6. The Labute approximate surface area is 140 Å². The molecule has 1 aliphatic heterocycles. The van der Waals surface area contributed by atoms with Crippen molar-refractivity contribution >= 4 is 22.6 Å². The maximum absolute atomic E-state index is 13.8. The maximum Gasteiger partial charge on any atom is 0.326 e. The summed E-state index contributed by atoms with van der Waals surface area (Å²) in [6.07, 6.45) is 4.12. The van der Waals surface area contributed by atoms with Crippen LogP contribution in [0.2, 0.25) is 5.02 Å². The zero-order chi connectivity index (χ0) is 16.6. The first-order valence-corrected chi connectivity index (χ1v) is 8.76. The monoisotopic (exact) mass is 339 g/mol. The van der Waals surface area contributed by atoms with Gasteiger partial charge in [0.25, 0.3) is 0 Å². The van der Waals surface area contributed by atoms with E-state index in [0.29, 0.717) is 17.1 Å². The van der Waals surface area contributed by atoms with Crippen molar-refractivity contribution in [3.05, 3.63) is 33.5 Å². The molecular formula is C17H23ClFN3O. The summed E-state index contributed by atoms with van der Waals surface area (Å²) < 4.78 is 15.5. The lowest BCUT2D eigenvalue weighted by Crippen LogP contribution is -2.42. The molecule has 1 aliphatic rings. The van der Waals surface area contributed by atoms with Crippen LogP contribution in [0.1, 0.15) is 45.6 Å². The Hall–Kier alpha value is -1.33. The number of hydrogen-bond donors (Lipinski definition) is 1. The van der Waals surface area contributed by atoms with E-state index in [1.807, 2.05) is 0 Å². The van der Waals surface area contributed by atoms with E-state index in [1.165, 1.54) is 12.1 Å². The van der Waals surface area contributed by atoms with Crippen molar-refractivity contribution in [1.29, 1.82) is 0 Å². The van der Waals surface area contributed by atoms with Gasteiger partial charge in [-0.2, -0.15) is 0 Å². The highest BCUT2D eigenvalue weighted by Gasteiger charge is 2.26. The van der Waals surface area contributed by atoms with Gasteiger partial charge in [-0.25, -0.2) is 9.18 Å². The smallest absolute Gasteiger partial charge is 0.305 e. The third-order valence-corrected chi connectivity index (χ3v) is 5.37. The highest BCUT2D eigenvalue weighted by Crippen LogP contribution is 2.28. The number of aromatic nitrogens is 2. The van der Waals surface area contributed by atoms with Gasteiger partial charge < -0.3 is 9.88 Å². The second-order valence-electron chi connectivity index (χ2n) is 6.32. The van der Waals surface area contributed by atoms with E-state index in [-0.39, 0.29) is 16.8 Å². The predicted molar refractivity (Wildman–Crippen MR) is 91.7 cm³/mol. The van der Waals surface area contributed by atoms with Crippen LogP contribution >= 0.6 is 11.6 Å². The summed E-state index contributed by atoms with van der Waals surface area (Å²) in [5.41, 5.74) is 1.03. The van der Waals surface area contributed by atoms with Crippen LogP contribution in [0.15, 0.2) is 16.9 Å². The molecule has 2 aromatic rings. The van der Waals surface area contributed by atoms with Crippen LogP contribution in [-0.2, 0) is 0 Å². The fraction of sp³-hybridized carbons (Fsp3) is 0.588. The molecule has 2 heterocycles. The molecule has 0 unspecified atom stereocenters. The quantitative estimate of drug-likeness (QED) is 0.916. The average molecular weight is 340 g/mol. The van der Waals surface area contributed by atoms with E-state index >= 15 is 0 Å². The number of aromatic amines is 1. The number of likely N-dealkylation sites (tertiary alicyclic amines) is 1. The SMILES string of the molecule is CCC(CC)N1CCC(n2c(=O)[nH]c3cc(Cl)c(F)cc32)CC1. The summed E-state index contributed by atoms with van der Waals surface area (Å²) in [4.78, 5) is 17.6. The molecule has 3 rings (SSSR count).